The molecule has 0 atom stereocenters. The number of rotatable bonds is 4. The number of benzene rings is 4. The number of hydrogen-bond donors (Lipinski definition) is 0. The minimum Gasteiger partial charge on any atom is -0.305 e. The van der Waals surface area contributed by atoms with E-state index in [2.05, 4.69) is 0 Å². The summed E-state index contributed by atoms with van der Waals surface area (Å²) in [7, 11) is -3.53. The van der Waals surface area contributed by atoms with Crippen molar-refractivity contribution in [3.05, 3.63) is 108 Å². The molecular weight excluding hydrogens is 363 g/mol. The summed E-state index contributed by atoms with van der Waals surface area (Å²) in [6.07, 6.45) is 0. The zero-order valence-electron chi connectivity index (χ0n) is 15.9. The second-order valence-corrected chi connectivity index (χ2v) is 9.67. The molecule has 0 saturated heterocycles. The van der Waals surface area contributed by atoms with Gasteiger partial charge in [-0.15, -0.1) is 0 Å². The van der Waals surface area contributed by atoms with Crippen LogP contribution in [0, 0.1) is 13.8 Å². The van der Waals surface area contributed by atoms with Gasteiger partial charge in [0, 0.05) is 16.2 Å². The summed E-state index contributed by atoms with van der Waals surface area (Å²) in [5.74, 6) is 0. The van der Waals surface area contributed by atoms with Crippen molar-refractivity contribution in [2.45, 2.75) is 13.8 Å². The molecule has 0 N–H and O–H groups in total. The zero-order valence-corrected chi connectivity index (χ0v) is 16.8. The third-order valence-corrected chi connectivity index (χ3v) is 8.05. The molecule has 4 aromatic carbocycles. The molecule has 0 spiro atoms. The van der Waals surface area contributed by atoms with Gasteiger partial charge in [0.2, 0.25) is 12.7 Å². The van der Waals surface area contributed by atoms with Gasteiger partial charge in [0.25, 0.3) is 0 Å². The second kappa shape index (κ2) is 7.22. The quantitative estimate of drug-likeness (QED) is 0.429. The van der Waals surface area contributed by atoms with Gasteiger partial charge in [0.1, 0.15) is 0 Å². The summed E-state index contributed by atoms with van der Waals surface area (Å²) in [6, 6.07) is 28.2. The fourth-order valence-electron chi connectivity index (χ4n) is 3.76. The molecule has 0 saturated carbocycles. The molecule has 0 bridgehead atoms. The van der Waals surface area contributed by atoms with E-state index < -0.39 is 7.14 Å². The first-order valence-electron chi connectivity index (χ1n) is 9.28. The lowest BCUT2D eigenvalue weighted by Gasteiger charge is -2.21. The van der Waals surface area contributed by atoms with E-state index in [1.807, 2.05) is 80.6 Å². The van der Waals surface area contributed by atoms with Gasteiger partial charge in [-0.2, -0.15) is 0 Å². The van der Waals surface area contributed by atoms with Crippen LogP contribution < -0.4 is 10.6 Å². The minimum absolute atomic E-state index is 0.303. The summed E-state index contributed by atoms with van der Waals surface area (Å²) in [5.41, 5.74) is 2.12. The first kappa shape index (κ1) is 18.4. The lowest BCUT2D eigenvalue weighted by atomic mass is 9.97. The fraction of sp³-hybridized carbons (Fsp3) is 0.0800. The average Bonchev–Trinajstić information content (AvgIpc) is 2.74. The third-order valence-electron chi connectivity index (χ3n) is 5.20. The molecule has 0 radical (unpaired) electrons. The smallest absolute Gasteiger partial charge is 0.231 e. The lowest BCUT2D eigenvalue weighted by Crippen LogP contribution is -2.23. The van der Waals surface area contributed by atoms with Gasteiger partial charge in [-0.25, -0.2) is 0 Å². The molecule has 2 nitrogen and oxygen atoms in total. The van der Waals surface area contributed by atoms with E-state index in [9.17, 15) is 9.36 Å². The highest BCUT2D eigenvalue weighted by Gasteiger charge is 2.38. The van der Waals surface area contributed by atoms with Crippen LogP contribution in [0.5, 0.6) is 0 Å². The van der Waals surface area contributed by atoms with Gasteiger partial charge < -0.3 is 4.57 Å². The molecule has 0 unspecified atom stereocenters. The van der Waals surface area contributed by atoms with Crippen LogP contribution >= 0.6 is 7.14 Å². The highest BCUT2D eigenvalue weighted by molar-refractivity contribution is 7.93. The Morgan fingerprint density at radius 3 is 1.79 bits per heavy atom. The van der Waals surface area contributed by atoms with Crippen LogP contribution in [-0.4, -0.2) is 5.52 Å². The monoisotopic (exact) mass is 384 g/mol. The maximum atomic E-state index is 14.5. The van der Waals surface area contributed by atoms with Crippen LogP contribution in [0.2, 0.25) is 0 Å². The predicted molar refractivity (Wildman–Crippen MR) is 118 cm³/mol. The van der Waals surface area contributed by atoms with Gasteiger partial charge in [0.15, 0.2) is 0 Å². The molecule has 3 heteroatoms. The standard InChI is InChI=1S/C25H21O2P/c1-18-10-9-11-20-17-16-19(2)24(23(18)20)25(26)28(27,21-12-5-3-6-13-21)22-14-7-4-8-15-22/h3-17H,1-2H3. The number of fused-ring (bicyclic) bond motifs is 1. The van der Waals surface area contributed by atoms with Crippen LogP contribution in [-0.2, 0) is 4.57 Å². The van der Waals surface area contributed by atoms with Crippen LogP contribution in [0.3, 0.4) is 0 Å². The molecule has 4 aromatic rings. The van der Waals surface area contributed by atoms with E-state index in [1.165, 1.54) is 0 Å². The molecule has 0 fully saturated rings. The van der Waals surface area contributed by atoms with Crippen LogP contribution in [0.15, 0.2) is 91.0 Å². The molecule has 0 aromatic heterocycles. The Labute approximate surface area is 165 Å². The molecule has 0 aliphatic heterocycles. The Hall–Kier alpha value is -2.96. The van der Waals surface area contributed by atoms with Gasteiger partial charge in [-0.3, -0.25) is 4.79 Å². The van der Waals surface area contributed by atoms with E-state index in [0.717, 1.165) is 21.9 Å². The maximum absolute atomic E-state index is 14.5. The molecule has 0 amide bonds. The van der Waals surface area contributed by atoms with E-state index in [4.69, 9.17) is 0 Å². The highest BCUT2D eigenvalue weighted by atomic mass is 31.2. The van der Waals surface area contributed by atoms with Crippen molar-refractivity contribution in [2.75, 3.05) is 0 Å². The van der Waals surface area contributed by atoms with Gasteiger partial charge in [-0.1, -0.05) is 91.0 Å². The topological polar surface area (TPSA) is 34.1 Å². The van der Waals surface area contributed by atoms with E-state index in [-0.39, 0.29) is 5.52 Å². The zero-order chi connectivity index (χ0) is 19.7. The SMILES string of the molecule is Cc1ccc2cccc(C)c2c1C(=O)P(=O)(c1ccccc1)c1ccccc1. The number of carbonyl (C=O) groups is 1. The number of carbonyl (C=O) groups excluding carboxylic acids is 1. The first-order chi connectivity index (χ1) is 13.5. The van der Waals surface area contributed by atoms with Crippen molar-refractivity contribution in [3.63, 3.8) is 0 Å². The highest BCUT2D eigenvalue weighted by Crippen LogP contribution is 2.48. The molecule has 0 aliphatic rings. The van der Waals surface area contributed by atoms with Crippen molar-refractivity contribution in [1.29, 1.82) is 0 Å². The predicted octanol–water partition coefficient (Wildman–Crippen LogP) is 5.61. The average molecular weight is 384 g/mol. The maximum Gasteiger partial charge on any atom is 0.231 e. The van der Waals surface area contributed by atoms with Crippen molar-refractivity contribution >= 4 is 34.0 Å². The lowest BCUT2D eigenvalue weighted by molar-refractivity contribution is 0.107. The fourth-order valence-corrected chi connectivity index (χ4v) is 6.31. The van der Waals surface area contributed by atoms with Crippen molar-refractivity contribution < 1.29 is 9.36 Å². The first-order valence-corrected chi connectivity index (χ1v) is 11.0. The van der Waals surface area contributed by atoms with E-state index in [1.54, 1.807) is 24.3 Å². The summed E-state index contributed by atoms with van der Waals surface area (Å²) in [6.45, 7) is 3.91. The molecule has 4 rings (SSSR count). The molecule has 138 valence electrons. The Morgan fingerprint density at radius 2 is 1.21 bits per heavy atom. The van der Waals surface area contributed by atoms with Gasteiger partial charge in [0.05, 0.1) is 0 Å². The van der Waals surface area contributed by atoms with Gasteiger partial charge in [-0.05, 0) is 35.7 Å². The number of hydrogen-bond acceptors (Lipinski definition) is 2. The van der Waals surface area contributed by atoms with Crippen LogP contribution in [0.4, 0.5) is 0 Å². The summed E-state index contributed by atoms with van der Waals surface area (Å²) in [4.78, 5) is 14.0. The molecule has 0 heterocycles. The minimum atomic E-state index is -3.53. The molecule has 28 heavy (non-hydrogen) atoms. The third kappa shape index (κ3) is 2.91. The summed E-state index contributed by atoms with van der Waals surface area (Å²) in [5, 5.41) is 3.01. The Bertz CT molecular complexity index is 1170. The Balaban J connectivity index is 2.05. The molecule has 0 aliphatic carbocycles. The normalized spacial score (nSPS) is 11.5. The van der Waals surface area contributed by atoms with Crippen molar-refractivity contribution in [2.24, 2.45) is 0 Å². The number of aryl methyl sites for hydroxylation is 2. The van der Waals surface area contributed by atoms with E-state index >= 15 is 0 Å². The Morgan fingerprint density at radius 1 is 0.643 bits per heavy atom. The summed E-state index contributed by atoms with van der Waals surface area (Å²) >= 11 is 0. The molecular formula is C25H21O2P. The van der Waals surface area contributed by atoms with Crippen molar-refractivity contribution in [1.82, 2.24) is 0 Å². The van der Waals surface area contributed by atoms with Crippen molar-refractivity contribution in [3.8, 4) is 0 Å². The summed E-state index contributed by atoms with van der Waals surface area (Å²) < 4.78 is 14.5. The largest absolute Gasteiger partial charge is 0.305 e. The van der Waals surface area contributed by atoms with Crippen LogP contribution in [0.25, 0.3) is 10.8 Å². The Kier molecular flexibility index (Phi) is 4.75. The van der Waals surface area contributed by atoms with E-state index in [0.29, 0.717) is 16.2 Å². The van der Waals surface area contributed by atoms with Gasteiger partial charge >= 0.3 is 0 Å². The van der Waals surface area contributed by atoms with Crippen LogP contribution in [0.1, 0.15) is 21.5 Å². The second-order valence-electron chi connectivity index (χ2n) is 7.02.